The third-order valence-electron chi connectivity index (χ3n) is 4.17. The summed E-state index contributed by atoms with van der Waals surface area (Å²) in [5, 5.41) is 11.0. The van der Waals surface area contributed by atoms with Gasteiger partial charge in [-0.2, -0.15) is 5.06 Å². The summed E-state index contributed by atoms with van der Waals surface area (Å²) in [5.74, 6) is 0. The quantitative estimate of drug-likeness (QED) is 0.780. The monoisotopic (exact) mass is 282 g/mol. The van der Waals surface area contributed by atoms with Crippen LogP contribution in [-0.2, 0) is 0 Å². The molecule has 1 N–H and O–H groups in total. The Balaban J connectivity index is 0.000000180. The molecule has 3 aliphatic rings. The lowest BCUT2D eigenvalue weighted by molar-refractivity contribution is -0.134. The Morgan fingerprint density at radius 2 is 1.71 bits per heavy atom. The van der Waals surface area contributed by atoms with Gasteiger partial charge < -0.3 is 5.21 Å². The maximum atomic E-state index is 9.56. The summed E-state index contributed by atoms with van der Waals surface area (Å²) in [6.45, 7) is 5.60. The Bertz CT molecular complexity index is 568. The lowest BCUT2D eigenvalue weighted by atomic mass is 10.0. The van der Waals surface area contributed by atoms with Crippen molar-refractivity contribution in [1.82, 2.24) is 9.96 Å². The normalized spacial score (nSPS) is 20.6. The van der Waals surface area contributed by atoms with E-state index < -0.39 is 0 Å². The van der Waals surface area contributed by atoms with Gasteiger partial charge >= 0.3 is 0 Å². The molecular formula is C18H22N2O. The van der Waals surface area contributed by atoms with Crippen LogP contribution in [0.4, 0.5) is 0 Å². The van der Waals surface area contributed by atoms with Crippen LogP contribution in [0.3, 0.4) is 0 Å². The number of piperazine rings is 1. The second-order valence-corrected chi connectivity index (χ2v) is 5.55. The van der Waals surface area contributed by atoms with Crippen LogP contribution in [0.5, 0.6) is 0 Å². The van der Waals surface area contributed by atoms with Crippen LogP contribution in [0.15, 0.2) is 54.6 Å². The van der Waals surface area contributed by atoms with E-state index in [0.29, 0.717) is 12.6 Å². The fraction of sp³-hybridized carbons (Fsp3) is 0.333. The first-order chi connectivity index (χ1) is 10.3. The fourth-order valence-corrected chi connectivity index (χ4v) is 2.85. The van der Waals surface area contributed by atoms with Crippen molar-refractivity contribution in [3.63, 3.8) is 0 Å². The lowest BCUT2D eigenvalue weighted by Crippen LogP contribution is -2.46. The van der Waals surface area contributed by atoms with E-state index >= 15 is 0 Å². The molecule has 0 spiro atoms. The lowest BCUT2D eigenvalue weighted by Gasteiger charge is -2.38. The van der Waals surface area contributed by atoms with E-state index in [1.54, 1.807) is 0 Å². The van der Waals surface area contributed by atoms with Crippen LogP contribution in [0.2, 0.25) is 0 Å². The average Bonchev–Trinajstić information content (AvgIpc) is 3.14. The second-order valence-electron chi connectivity index (χ2n) is 5.55. The van der Waals surface area contributed by atoms with Crippen molar-refractivity contribution in [2.24, 2.45) is 0 Å². The predicted molar refractivity (Wildman–Crippen MR) is 85.2 cm³/mol. The second kappa shape index (κ2) is 6.39. The predicted octanol–water partition coefficient (Wildman–Crippen LogP) is 3.42. The Labute approximate surface area is 126 Å². The minimum Gasteiger partial charge on any atom is -0.314 e. The number of hydrogen-bond acceptors (Lipinski definition) is 3. The van der Waals surface area contributed by atoms with Crippen molar-refractivity contribution in [2.45, 2.75) is 13.0 Å². The number of fused-ring (bicyclic) bond motifs is 1. The molecule has 21 heavy (non-hydrogen) atoms. The van der Waals surface area contributed by atoms with Crippen molar-refractivity contribution in [3.05, 3.63) is 60.2 Å². The molecule has 1 atom stereocenters. The van der Waals surface area contributed by atoms with Gasteiger partial charge in [0, 0.05) is 25.7 Å². The molecule has 1 fully saturated rings. The van der Waals surface area contributed by atoms with E-state index in [9.17, 15) is 5.21 Å². The van der Waals surface area contributed by atoms with Gasteiger partial charge in [0.2, 0.25) is 0 Å². The molecule has 1 aromatic rings. The first-order valence-electron chi connectivity index (χ1n) is 7.61. The van der Waals surface area contributed by atoms with Gasteiger partial charge in [-0.1, -0.05) is 55.5 Å². The minimum absolute atomic E-state index is 0.329. The highest BCUT2D eigenvalue weighted by Crippen LogP contribution is 2.32. The third-order valence-corrected chi connectivity index (χ3v) is 4.17. The molecule has 0 bridgehead atoms. The standard InChI is InChI=1S/C12H18N2O.C6H4/c1-2-13-8-9-14(15)10-12(13)11-6-4-3-5-7-11;1-2-5-4-6(5)3-1/h3-7,12,15H,2,8-10H2,1H3;1-4H. The molecule has 0 saturated carbocycles. The maximum Gasteiger partial charge on any atom is 0.0498 e. The Morgan fingerprint density at radius 1 is 1.00 bits per heavy atom. The summed E-state index contributed by atoms with van der Waals surface area (Å²) in [7, 11) is 0. The minimum atomic E-state index is 0.329. The van der Waals surface area contributed by atoms with E-state index in [1.165, 1.54) is 21.8 Å². The molecule has 3 nitrogen and oxygen atoms in total. The van der Waals surface area contributed by atoms with Crippen LogP contribution < -0.4 is 0 Å². The van der Waals surface area contributed by atoms with Gasteiger partial charge in [0.1, 0.15) is 0 Å². The van der Waals surface area contributed by atoms with Crippen LogP contribution in [0.25, 0.3) is 11.1 Å². The summed E-state index contributed by atoms with van der Waals surface area (Å²) in [6, 6.07) is 19.2. The first-order valence-corrected chi connectivity index (χ1v) is 7.61. The summed E-state index contributed by atoms with van der Waals surface area (Å²) in [6.07, 6.45) is 0. The molecule has 1 heterocycles. The average molecular weight is 282 g/mol. The molecule has 0 amide bonds. The molecule has 1 aromatic carbocycles. The van der Waals surface area contributed by atoms with Crippen LogP contribution in [0, 0.1) is 0 Å². The zero-order valence-corrected chi connectivity index (χ0v) is 12.4. The van der Waals surface area contributed by atoms with Crippen molar-refractivity contribution in [1.29, 1.82) is 0 Å². The largest absolute Gasteiger partial charge is 0.314 e. The number of nitrogens with zero attached hydrogens (tertiary/aromatic N) is 2. The summed E-state index contributed by atoms with van der Waals surface area (Å²) in [4.78, 5) is 2.40. The number of benzene rings is 2. The van der Waals surface area contributed by atoms with Crippen molar-refractivity contribution < 1.29 is 5.21 Å². The van der Waals surface area contributed by atoms with Crippen molar-refractivity contribution in [2.75, 3.05) is 26.2 Å². The Kier molecular flexibility index (Phi) is 4.34. The molecule has 2 aliphatic carbocycles. The smallest absolute Gasteiger partial charge is 0.0498 e. The van der Waals surface area contributed by atoms with E-state index in [-0.39, 0.29) is 0 Å². The Hall–Kier alpha value is -1.68. The number of hydroxylamine groups is 2. The van der Waals surface area contributed by atoms with Crippen LogP contribution in [0.1, 0.15) is 18.5 Å². The molecule has 3 heteroatoms. The highest BCUT2D eigenvalue weighted by atomic mass is 16.5. The molecule has 1 aliphatic heterocycles. The summed E-state index contributed by atoms with van der Waals surface area (Å²) < 4.78 is 0. The zero-order valence-electron chi connectivity index (χ0n) is 12.4. The first kappa shape index (κ1) is 14.3. The number of likely N-dealkylation sites (N-methyl/N-ethyl adjacent to an activating group) is 1. The Morgan fingerprint density at radius 3 is 2.24 bits per heavy atom. The van der Waals surface area contributed by atoms with E-state index in [0.717, 1.165) is 19.6 Å². The number of rotatable bonds is 2. The van der Waals surface area contributed by atoms with E-state index in [4.69, 9.17) is 0 Å². The van der Waals surface area contributed by atoms with Crippen molar-refractivity contribution in [3.8, 4) is 11.1 Å². The van der Waals surface area contributed by atoms with Gasteiger partial charge in [-0.25, -0.2) is 0 Å². The van der Waals surface area contributed by atoms with Gasteiger partial charge in [-0.15, -0.1) is 0 Å². The highest BCUT2D eigenvalue weighted by Gasteiger charge is 2.25. The van der Waals surface area contributed by atoms with Gasteiger partial charge in [-0.3, -0.25) is 4.90 Å². The highest BCUT2D eigenvalue weighted by molar-refractivity contribution is 5.80. The molecule has 0 radical (unpaired) electrons. The summed E-state index contributed by atoms with van der Waals surface area (Å²) in [5.41, 5.74) is 4.14. The van der Waals surface area contributed by atoms with Gasteiger partial charge in [0.15, 0.2) is 0 Å². The maximum absolute atomic E-state index is 9.56. The molecule has 1 unspecified atom stereocenters. The van der Waals surface area contributed by atoms with Gasteiger partial charge in [0.25, 0.3) is 0 Å². The van der Waals surface area contributed by atoms with Crippen LogP contribution >= 0.6 is 0 Å². The van der Waals surface area contributed by atoms with Crippen LogP contribution in [-0.4, -0.2) is 41.3 Å². The third kappa shape index (κ3) is 3.50. The van der Waals surface area contributed by atoms with Crippen molar-refractivity contribution >= 4 is 0 Å². The molecule has 1 saturated heterocycles. The topological polar surface area (TPSA) is 26.7 Å². The molecule has 110 valence electrons. The SMILES string of the molecule is CCN1CCN(O)CC1c1ccccc1.c1cc2cc-2c1. The molecular weight excluding hydrogens is 260 g/mol. The molecule has 0 aromatic heterocycles. The van der Waals surface area contributed by atoms with Gasteiger partial charge in [0.05, 0.1) is 0 Å². The zero-order chi connectivity index (χ0) is 14.7. The van der Waals surface area contributed by atoms with E-state index in [2.05, 4.69) is 60.4 Å². The summed E-state index contributed by atoms with van der Waals surface area (Å²) >= 11 is 0. The van der Waals surface area contributed by atoms with Gasteiger partial charge in [-0.05, 0) is 29.3 Å². The molecule has 4 rings (SSSR count). The fourth-order valence-electron chi connectivity index (χ4n) is 2.85. The number of hydrogen-bond donors (Lipinski definition) is 1. The van der Waals surface area contributed by atoms with E-state index in [1.807, 2.05) is 6.07 Å².